The molecule has 0 bridgehead atoms. The molecule has 0 aromatic heterocycles. The number of allylic oxidation sites excluding steroid dienone is 10. The second kappa shape index (κ2) is 35.7. The molecule has 0 aromatic rings. The average molecular weight is 682 g/mol. The van der Waals surface area contributed by atoms with Crippen molar-refractivity contribution in [2.75, 3.05) is 59.0 Å². The maximum absolute atomic E-state index is 11.9. The lowest BCUT2D eigenvalue weighted by Gasteiger charge is -2.28. The van der Waals surface area contributed by atoms with Crippen LogP contribution in [0.1, 0.15) is 78.6 Å². The smallest absolute Gasteiger partial charge is 0.221 e. The van der Waals surface area contributed by atoms with E-state index in [1.807, 2.05) is 20.9 Å². The fourth-order valence-electron chi connectivity index (χ4n) is 3.76. The molecule has 0 aliphatic heterocycles. The van der Waals surface area contributed by atoms with E-state index in [4.69, 9.17) is 9.47 Å². The highest BCUT2D eigenvalue weighted by Crippen LogP contribution is 2.21. The van der Waals surface area contributed by atoms with Crippen LogP contribution >= 0.6 is 21.6 Å². The van der Waals surface area contributed by atoms with Crippen LogP contribution in [-0.2, 0) is 23.9 Å². The van der Waals surface area contributed by atoms with Gasteiger partial charge in [0, 0.05) is 63.6 Å². The highest BCUT2D eigenvalue weighted by Gasteiger charge is 2.29. The van der Waals surface area contributed by atoms with Gasteiger partial charge in [0.2, 0.25) is 11.8 Å². The Morgan fingerprint density at radius 3 is 1.65 bits per heavy atom. The summed E-state index contributed by atoms with van der Waals surface area (Å²) in [6, 6.07) is 0. The Bertz CT molecular complexity index is 889. The average Bonchev–Trinajstić information content (AvgIpc) is 3.03. The monoisotopic (exact) mass is 681 g/mol. The molecule has 0 radical (unpaired) electrons. The highest BCUT2D eigenvalue weighted by molar-refractivity contribution is 8.76. The number of hydrogen-bond donors (Lipinski definition) is 3. The van der Waals surface area contributed by atoms with Gasteiger partial charge in [-0.3, -0.25) is 9.59 Å². The van der Waals surface area contributed by atoms with E-state index < -0.39 is 0 Å². The Morgan fingerprint density at radius 1 is 0.739 bits per heavy atom. The number of carbonyl (C=O) groups is 3. The van der Waals surface area contributed by atoms with Gasteiger partial charge in [-0.05, 0) is 52.0 Å². The number of aldehydes is 1. The topological polar surface area (TPSA) is 106 Å². The van der Waals surface area contributed by atoms with Gasteiger partial charge in [0.1, 0.15) is 12.4 Å². The van der Waals surface area contributed by atoms with Crippen LogP contribution < -0.4 is 16.0 Å². The van der Waals surface area contributed by atoms with Gasteiger partial charge in [-0.2, -0.15) is 0 Å². The van der Waals surface area contributed by atoms with E-state index in [0.29, 0.717) is 39.1 Å². The van der Waals surface area contributed by atoms with Gasteiger partial charge in [0.05, 0.1) is 6.61 Å². The number of ether oxygens (including phenoxy) is 2. The van der Waals surface area contributed by atoms with Gasteiger partial charge in [-0.25, -0.2) is 0 Å². The van der Waals surface area contributed by atoms with E-state index in [1.54, 1.807) is 28.7 Å². The van der Waals surface area contributed by atoms with E-state index in [0.717, 1.165) is 62.7 Å². The molecular weight excluding hydrogens is 619 g/mol. The second-order valence-electron chi connectivity index (χ2n) is 11.0. The summed E-state index contributed by atoms with van der Waals surface area (Å²) in [6.45, 7) is 8.60. The fourth-order valence-corrected chi connectivity index (χ4v) is 5.57. The Balaban J connectivity index is 0. The van der Waals surface area contributed by atoms with Crippen molar-refractivity contribution in [3.05, 3.63) is 60.8 Å². The zero-order chi connectivity index (χ0) is 34.6. The number of nitrogens with one attached hydrogen (secondary N) is 3. The first-order valence-corrected chi connectivity index (χ1v) is 18.9. The van der Waals surface area contributed by atoms with Crippen LogP contribution in [0.4, 0.5) is 0 Å². The Labute approximate surface area is 288 Å². The molecule has 0 aliphatic rings. The van der Waals surface area contributed by atoms with Crippen LogP contribution in [0.3, 0.4) is 0 Å². The minimum atomic E-state index is -0.387. The van der Waals surface area contributed by atoms with Crippen LogP contribution in [0.15, 0.2) is 60.8 Å². The largest absolute Gasteiger partial charge is 0.384 e. The molecule has 1 atom stereocenters. The minimum absolute atomic E-state index is 0.0850. The number of rotatable bonds is 28. The lowest BCUT2D eigenvalue weighted by atomic mass is 9.88. The maximum atomic E-state index is 11.9. The molecule has 0 spiro atoms. The molecule has 0 aromatic carbocycles. The van der Waals surface area contributed by atoms with E-state index in [1.165, 1.54) is 7.11 Å². The molecular formula is C36H63N3O5S2. The quantitative estimate of drug-likeness (QED) is 0.0351. The summed E-state index contributed by atoms with van der Waals surface area (Å²) in [7, 11) is 8.42. The summed E-state index contributed by atoms with van der Waals surface area (Å²) in [5.41, 5.74) is -0.245. The predicted molar refractivity (Wildman–Crippen MR) is 200 cm³/mol. The molecule has 2 amide bonds. The molecule has 0 aliphatic carbocycles. The molecule has 0 fully saturated rings. The van der Waals surface area contributed by atoms with Gasteiger partial charge in [0.15, 0.2) is 0 Å². The standard InChI is InChI=1S/C28H47N3O2S2.C8H16O3/c1-3-4-5-6-7-8-9-10-11-12-13-14-15-16-17-18-19-20-27(32)30-23-25-34-35-26-24-31-28(33)21-22-29-2;1-8(2,6-10-3)7(5-9)11-4/h4-5,7-8,10-11,13-14,16-17,29H,3,6,9,12,15,18-26H2,1-2H3,(H,30,32)(H,31,33);5,7H,6H2,1-4H3/b5-4-,8-7-,11-10-,14-13-,17-16-;/t;7-/m.0/s1. The lowest BCUT2D eigenvalue weighted by molar-refractivity contribution is -0.125. The van der Waals surface area contributed by atoms with Crippen molar-refractivity contribution >= 4 is 39.7 Å². The number of methoxy groups -OCH3 is 2. The highest BCUT2D eigenvalue weighted by atomic mass is 33.1. The van der Waals surface area contributed by atoms with Crippen molar-refractivity contribution in [3.63, 3.8) is 0 Å². The van der Waals surface area contributed by atoms with Crippen LogP contribution in [0.5, 0.6) is 0 Å². The van der Waals surface area contributed by atoms with Gasteiger partial charge in [-0.1, -0.05) is 103 Å². The van der Waals surface area contributed by atoms with Gasteiger partial charge < -0.3 is 30.2 Å². The zero-order valence-corrected chi connectivity index (χ0v) is 31.0. The second-order valence-corrected chi connectivity index (χ2v) is 13.7. The summed E-state index contributed by atoms with van der Waals surface area (Å²) in [5.74, 6) is 1.96. The predicted octanol–water partition coefficient (Wildman–Crippen LogP) is 7.00. The molecule has 3 N–H and O–H groups in total. The van der Waals surface area contributed by atoms with E-state index in [9.17, 15) is 14.4 Å². The number of hydrogen-bond acceptors (Lipinski definition) is 8. The van der Waals surface area contributed by atoms with E-state index >= 15 is 0 Å². The SMILES string of the molecule is CC/C=C\C/C=C\C/C=C\C/C=C\C/C=C\CCCC(=O)NCCSSCCNC(=O)CCNC.COCC(C)(C)[C@H](C=O)OC. The zero-order valence-electron chi connectivity index (χ0n) is 29.4. The molecule has 8 nitrogen and oxygen atoms in total. The molecule has 264 valence electrons. The van der Waals surface area contributed by atoms with Crippen LogP contribution in [-0.4, -0.2) is 83.2 Å². The van der Waals surface area contributed by atoms with Gasteiger partial charge in [-0.15, -0.1) is 0 Å². The van der Waals surface area contributed by atoms with Crippen LogP contribution in [0, 0.1) is 5.41 Å². The molecule has 10 heteroatoms. The van der Waals surface area contributed by atoms with E-state index in [2.05, 4.69) is 83.6 Å². The molecule has 0 rings (SSSR count). The fraction of sp³-hybridized carbons (Fsp3) is 0.639. The maximum Gasteiger partial charge on any atom is 0.221 e. The summed E-state index contributed by atoms with van der Waals surface area (Å²) < 4.78 is 9.92. The van der Waals surface area contributed by atoms with Crippen molar-refractivity contribution in [1.82, 2.24) is 16.0 Å². The minimum Gasteiger partial charge on any atom is -0.384 e. The molecule has 0 saturated heterocycles. The van der Waals surface area contributed by atoms with Crippen molar-refractivity contribution in [3.8, 4) is 0 Å². The van der Waals surface area contributed by atoms with Crippen molar-refractivity contribution < 1.29 is 23.9 Å². The summed E-state index contributed by atoms with van der Waals surface area (Å²) >= 11 is 0. The van der Waals surface area contributed by atoms with E-state index in [-0.39, 0.29) is 23.3 Å². The van der Waals surface area contributed by atoms with Crippen molar-refractivity contribution in [2.45, 2.75) is 84.7 Å². The third-order valence-electron chi connectivity index (χ3n) is 6.30. The van der Waals surface area contributed by atoms with Crippen LogP contribution in [0.2, 0.25) is 0 Å². The Morgan fingerprint density at radius 2 is 1.22 bits per heavy atom. The first-order chi connectivity index (χ1) is 22.3. The third-order valence-corrected chi connectivity index (χ3v) is 8.71. The summed E-state index contributed by atoms with van der Waals surface area (Å²) in [6.07, 6.45) is 30.3. The van der Waals surface area contributed by atoms with Gasteiger partial charge >= 0.3 is 0 Å². The summed E-state index contributed by atoms with van der Waals surface area (Å²) in [4.78, 5) is 33.8. The van der Waals surface area contributed by atoms with Crippen molar-refractivity contribution in [2.24, 2.45) is 5.41 Å². The molecule has 0 unspecified atom stereocenters. The number of amides is 2. The van der Waals surface area contributed by atoms with Gasteiger partial charge in [0.25, 0.3) is 0 Å². The van der Waals surface area contributed by atoms with Crippen molar-refractivity contribution in [1.29, 1.82) is 0 Å². The van der Waals surface area contributed by atoms with Crippen LogP contribution in [0.25, 0.3) is 0 Å². The first-order valence-electron chi connectivity index (χ1n) is 16.4. The Hall–Kier alpha value is -2.11. The third kappa shape index (κ3) is 33.3. The normalized spacial score (nSPS) is 12.7. The Kier molecular flexibility index (Phi) is 35.7. The molecule has 0 heterocycles. The molecule has 46 heavy (non-hydrogen) atoms. The number of unbranched alkanes of at least 4 members (excludes halogenated alkanes) is 1. The lowest BCUT2D eigenvalue weighted by Crippen LogP contribution is -2.36. The first kappa shape index (κ1) is 46.0. The summed E-state index contributed by atoms with van der Waals surface area (Å²) in [5, 5.41) is 8.82. The molecule has 0 saturated carbocycles. The number of carbonyl (C=O) groups excluding carboxylic acids is 3.